The van der Waals surface area contributed by atoms with E-state index in [4.69, 9.17) is 0 Å². The smallest absolute Gasteiger partial charge is 0.251 e. The van der Waals surface area contributed by atoms with Crippen LogP contribution in [0.3, 0.4) is 0 Å². The fraction of sp³-hybridized carbons (Fsp3) is 0.467. The van der Waals surface area contributed by atoms with Gasteiger partial charge in [0.1, 0.15) is 6.04 Å². The van der Waals surface area contributed by atoms with E-state index in [1.54, 1.807) is 19.1 Å². The molecule has 5 nitrogen and oxygen atoms in total. The van der Waals surface area contributed by atoms with Gasteiger partial charge in [0, 0.05) is 31.7 Å². The van der Waals surface area contributed by atoms with Crippen LogP contribution >= 0.6 is 0 Å². The summed E-state index contributed by atoms with van der Waals surface area (Å²) in [5.74, 6) is -0.219. The predicted octanol–water partition coefficient (Wildman–Crippen LogP) is 0.579. The van der Waals surface area contributed by atoms with Crippen LogP contribution < -0.4 is 5.32 Å². The van der Waals surface area contributed by atoms with Crippen molar-refractivity contribution >= 4 is 11.8 Å². The molecule has 1 aliphatic rings. The summed E-state index contributed by atoms with van der Waals surface area (Å²) in [5.41, 5.74) is 0.575. The van der Waals surface area contributed by atoms with Gasteiger partial charge in [-0.1, -0.05) is 18.2 Å². The summed E-state index contributed by atoms with van der Waals surface area (Å²) in [5, 5.41) is 2.76. The maximum absolute atomic E-state index is 12.3. The van der Waals surface area contributed by atoms with Gasteiger partial charge in [-0.15, -0.1) is 0 Å². The van der Waals surface area contributed by atoms with Crippen LogP contribution in [0.4, 0.5) is 0 Å². The minimum atomic E-state index is -0.494. The van der Waals surface area contributed by atoms with Gasteiger partial charge in [0.2, 0.25) is 5.91 Å². The van der Waals surface area contributed by atoms with E-state index >= 15 is 0 Å². The summed E-state index contributed by atoms with van der Waals surface area (Å²) in [6.07, 6.45) is 0. The lowest BCUT2D eigenvalue weighted by Gasteiger charge is -2.34. The Bertz CT molecular complexity index is 467. The quantitative estimate of drug-likeness (QED) is 0.878. The number of nitrogens with one attached hydrogen (secondary N) is 1. The highest BCUT2D eigenvalue weighted by atomic mass is 16.2. The van der Waals surface area contributed by atoms with E-state index in [9.17, 15) is 9.59 Å². The van der Waals surface area contributed by atoms with Crippen molar-refractivity contribution < 1.29 is 9.59 Å². The van der Waals surface area contributed by atoms with Crippen LogP contribution in [0.2, 0.25) is 0 Å². The predicted molar refractivity (Wildman–Crippen MR) is 77.4 cm³/mol. The molecule has 0 spiro atoms. The van der Waals surface area contributed by atoms with Gasteiger partial charge < -0.3 is 15.1 Å². The minimum absolute atomic E-state index is 0.0117. The van der Waals surface area contributed by atoms with Crippen molar-refractivity contribution in [2.24, 2.45) is 0 Å². The Morgan fingerprint density at radius 1 is 1.10 bits per heavy atom. The third kappa shape index (κ3) is 3.57. The lowest BCUT2D eigenvalue weighted by atomic mass is 10.2. The molecule has 1 fully saturated rings. The Kier molecular flexibility index (Phi) is 4.74. The molecule has 1 heterocycles. The number of rotatable bonds is 3. The van der Waals surface area contributed by atoms with Gasteiger partial charge in [0.25, 0.3) is 5.91 Å². The molecule has 1 N–H and O–H groups in total. The van der Waals surface area contributed by atoms with Crippen LogP contribution in [-0.4, -0.2) is 60.9 Å². The Morgan fingerprint density at radius 3 is 2.30 bits per heavy atom. The Morgan fingerprint density at radius 2 is 1.70 bits per heavy atom. The number of carbonyl (C=O) groups excluding carboxylic acids is 2. The number of hydrogen-bond acceptors (Lipinski definition) is 3. The Balaban J connectivity index is 1.89. The van der Waals surface area contributed by atoms with Crippen LogP contribution in [0.1, 0.15) is 17.3 Å². The zero-order chi connectivity index (χ0) is 14.5. The zero-order valence-corrected chi connectivity index (χ0v) is 12.0. The van der Waals surface area contributed by atoms with Crippen LogP contribution in [0, 0.1) is 0 Å². The van der Waals surface area contributed by atoms with Crippen LogP contribution in [0.5, 0.6) is 0 Å². The Hall–Kier alpha value is -1.88. The van der Waals surface area contributed by atoms with E-state index in [1.165, 1.54) is 0 Å². The topological polar surface area (TPSA) is 52.7 Å². The molecule has 1 atom stereocenters. The van der Waals surface area contributed by atoms with E-state index in [2.05, 4.69) is 10.2 Å². The van der Waals surface area contributed by atoms with Crippen molar-refractivity contribution in [1.29, 1.82) is 0 Å². The maximum atomic E-state index is 12.3. The molecule has 20 heavy (non-hydrogen) atoms. The maximum Gasteiger partial charge on any atom is 0.251 e. The van der Waals surface area contributed by atoms with Crippen molar-refractivity contribution in [1.82, 2.24) is 15.1 Å². The summed E-state index contributed by atoms with van der Waals surface area (Å²) >= 11 is 0. The second-order valence-electron chi connectivity index (χ2n) is 5.19. The summed E-state index contributed by atoms with van der Waals surface area (Å²) < 4.78 is 0. The third-order valence-corrected chi connectivity index (χ3v) is 3.57. The van der Waals surface area contributed by atoms with E-state index < -0.39 is 6.04 Å². The van der Waals surface area contributed by atoms with Gasteiger partial charge in [-0.25, -0.2) is 0 Å². The van der Waals surface area contributed by atoms with Crippen LogP contribution in [0.25, 0.3) is 0 Å². The molecule has 5 heteroatoms. The van der Waals surface area contributed by atoms with E-state index in [0.717, 1.165) is 26.2 Å². The number of amides is 2. The van der Waals surface area contributed by atoms with Crippen molar-refractivity contribution in [2.75, 3.05) is 33.2 Å². The highest BCUT2D eigenvalue weighted by Crippen LogP contribution is 2.04. The number of nitrogens with zero attached hydrogens (tertiary/aromatic N) is 2. The van der Waals surface area contributed by atoms with Crippen LogP contribution in [0.15, 0.2) is 30.3 Å². The highest BCUT2D eigenvalue weighted by Gasteiger charge is 2.24. The second kappa shape index (κ2) is 6.52. The van der Waals surface area contributed by atoms with Crippen LogP contribution in [-0.2, 0) is 4.79 Å². The SMILES string of the molecule is CC(NC(=O)c1ccccc1)C(=O)N1CCN(C)CC1. The van der Waals surface area contributed by atoms with Gasteiger partial charge in [0.15, 0.2) is 0 Å². The molecule has 0 saturated carbocycles. The van der Waals surface area contributed by atoms with Crippen molar-refractivity contribution in [2.45, 2.75) is 13.0 Å². The fourth-order valence-corrected chi connectivity index (χ4v) is 2.23. The number of benzene rings is 1. The first-order chi connectivity index (χ1) is 9.58. The number of carbonyl (C=O) groups is 2. The number of piperazine rings is 1. The van der Waals surface area contributed by atoms with E-state index in [1.807, 2.05) is 30.1 Å². The molecular formula is C15H21N3O2. The Labute approximate surface area is 119 Å². The van der Waals surface area contributed by atoms with Gasteiger partial charge >= 0.3 is 0 Å². The average molecular weight is 275 g/mol. The monoisotopic (exact) mass is 275 g/mol. The van der Waals surface area contributed by atoms with Crippen molar-refractivity contribution in [3.8, 4) is 0 Å². The second-order valence-corrected chi connectivity index (χ2v) is 5.19. The summed E-state index contributed by atoms with van der Waals surface area (Å²) in [6.45, 7) is 4.94. The first-order valence-electron chi connectivity index (χ1n) is 6.91. The lowest BCUT2D eigenvalue weighted by molar-refractivity contribution is -0.134. The fourth-order valence-electron chi connectivity index (χ4n) is 2.23. The van der Waals surface area contributed by atoms with Gasteiger partial charge in [-0.3, -0.25) is 9.59 Å². The molecule has 2 rings (SSSR count). The molecular weight excluding hydrogens is 254 g/mol. The summed E-state index contributed by atoms with van der Waals surface area (Å²) in [7, 11) is 2.04. The molecule has 0 aliphatic carbocycles. The first-order valence-corrected chi connectivity index (χ1v) is 6.91. The molecule has 0 radical (unpaired) electrons. The molecule has 1 unspecified atom stereocenters. The minimum Gasteiger partial charge on any atom is -0.341 e. The largest absolute Gasteiger partial charge is 0.341 e. The lowest BCUT2D eigenvalue weighted by Crippen LogP contribution is -2.53. The molecule has 108 valence electrons. The average Bonchev–Trinajstić information content (AvgIpc) is 2.48. The standard InChI is InChI=1S/C15H21N3O2/c1-12(15(20)18-10-8-17(2)9-11-18)16-14(19)13-6-4-3-5-7-13/h3-7,12H,8-11H2,1-2H3,(H,16,19). The van der Waals surface area contributed by atoms with Gasteiger partial charge in [-0.05, 0) is 26.1 Å². The molecule has 1 aliphatic heterocycles. The van der Waals surface area contributed by atoms with Crippen molar-refractivity contribution in [3.05, 3.63) is 35.9 Å². The van der Waals surface area contributed by atoms with Gasteiger partial charge in [-0.2, -0.15) is 0 Å². The molecule has 1 saturated heterocycles. The zero-order valence-electron chi connectivity index (χ0n) is 12.0. The molecule has 1 aromatic rings. The normalized spacial score (nSPS) is 17.6. The molecule has 2 amide bonds. The number of hydrogen-bond donors (Lipinski definition) is 1. The third-order valence-electron chi connectivity index (χ3n) is 3.57. The van der Waals surface area contributed by atoms with E-state index in [0.29, 0.717) is 5.56 Å². The summed E-state index contributed by atoms with van der Waals surface area (Å²) in [4.78, 5) is 28.3. The first kappa shape index (κ1) is 14.5. The molecule has 0 bridgehead atoms. The van der Waals surface area contributed by atoms with Crippen molar-refractivity contribution in [3.63, 3.8) is 0 Å². The number of likely N-dealkylation sites (N-methyl/N-ethyl adjacent to an activating group) is 1. The summed E-state index contributed by atoms with van der Waals surface area (Å²) in [6, 6.07) is 8.45. The van der Waals surface area contributed by atoms with E-state index in [-0.39, 0.29) is 11.8 Å². The van der Waals surface area contributed by atoms with Gasteiger partial charge in [0.05, 0.1) is 0 Å². The molecule has 1 aromatic carbocycles. The highest BCUT2D eigenvalue weighted by molar-refractivity contribution is 5.97. The molecule has 0 aromatic heterocycles.